The van der Waals surface area contributed by atoms with E-state index in [0.717, 1.165) is 30.6 Å². The standard InChI is InChI=1S/C15H22N2O3S/c18-10-12-1-3-13(4-2-12)11-21(19,20)16-14-7-8-17(9-14)15-5-6-15/h1-4,14-16,18H,5-11H2. The molecule has 1 saturated heterocycles. The van der Waals surface area contributed by atoms with Crippen LogP contribution in [0.5, 0.6) is 0 Å². The van der Waals surface area contributed by atoms with Gasteiger partial charge in [0.05, 0.1) is 12.4 Å². The highest BCUT2D eigenvalue weighted by atomic mass is 32.2. The van der Waals surface area contributed by atoms with Gasteiger partial charge in [0.25, 0.3) is 0 Å². The summed E-state index contributed by atoms with van der Waals surface area (Å²) >= 11 is 0. The Morgan fingerprint density at radius 1 is 1.14 bits per heavy atom. The van der Waals surface area contributed by atoms with Crippen molar-refractivity contribution in [3.05, 3.63) is 35.4 Å². The van der Waals surface area contributed by atoms with Gasteiger partial charge in [0.15, 0.2) is 0 Å². The molecule has 1 aromatic rings. The van der Waals surface area contributed by atoms with Gasteiger partial charge in [0.2, 0.25) is 10.0 Å². The van der Waals surface area contributed by atoms with Crippen molar-refractivity contribution in [3.63, 3.8) is 0 Å². The molecular weight excluding hydrogens is 288 g/mol. The average molecular weight is 310 g/mol. The molecule has 1 heterocycles. The first-order chi connectivity index (χ1) is 10.1. The molecule has 6 heteroatoms. The molecule has 1 aliphatic carbocycles. The first-order valence-electron chi connectivity index (χ1n) is 7.48. The van der Waals surface area contributed by atoms with Gasteiger partial charge >= 0.3 is 0 Å². The van der Waals surface area contributed by atoms with Crippen LogP contribution in [-0.4, -0.2) is 43.6 Å². The van der Waals surface area contributed by atoms with E-state index in [0.29, 0.717) is 6.04 Å². The minimum absolute atomic E-state index is 0.00135. The zero-order chi connectivity index (χ0) is 14.9. The molecule has 116 valence electrons. The maximum Gasteiger partial charge on any atom is 0.216 e. The van der Waals surface area contributed by atoms with E-state index >= 15 is 0 Å². The molecule has 1 saturated carbocycles. The normalized spacial score (nSPS) is 23.6. The highest BCUT2D eigenvalue weighted by molar-refractivity contribution is 7.88. The van der Waals surface area contributed by atoms with Crippen molar-refractivity contribution in [2.75, 3.05) is 13.1 Å². The summed E-state index contributed by atoms with van der Waals surface area (Å²) in [5.41, 5.74) is 1.54. The zero-order valence-electron chi connectivity index (χ0n) is 12.0. The minimum Gasteiger partial charge on any atom is -0.392 e. The second-order valence-electron chi connectivity index (χ2n) is 6.06. The van der Waals surface area contributed by atoms with Crippen molar-refractivity contribution < 1.29 is 13.5 Å². The van der Waals surface area contributed by atoms with Crippen molar-refractivity contribution >= 4 is 10.0 Å². The lowest BCUT2D eigenvalue weighted by Gasteiger charge is -2.16. The van der Waals surface area contributed by atoms with Gasteiger partial charge in [0, 0.05) is 25.2 Å². The largest absolute Gasteiger partial charge is 0.392 e. The first kappa shape index (κ1) is 15.0. The van der Waals surface area contributed by atoms with Crippen LogP contribution in [-0.2, 0) is 22.4 Å². The van der Waals surface area contributed by atoms with E-state index in [4.69, 9.17) is 5.11 Å². The molecule has 5 nitrogen and oxygen atoms in total. The zero-order valence-corrected chi connectivity index (χ0v) is 12.8. The maximum atomic E-state index is 12.2. The smallest absolute Gasteiger partial charge is 0.216 e. The molecule has 0 spiro atoms. The number of rotatable bonds is 6. The Kier molecular flexibility index (Phi) is 4.31. The predicted octanol–water partition coefficient (Wildman–Crippen LogP) is 0.835. The number of sulfonamides is 1. The van der Waals surface area contributed by atoms with Crippen LogP contribution in [0.4, 0.5) is 0 Å². The summed E-state index contributed by atoms with van der Waals surface area (Å²) < 4.78 is 27.3. The van der Waals surface area contributed by atoms with Gasteiger partial charge in [-0.1, -0.05) is 24.3 Å². The Hall–Kier alpha value is -0.950. The predicted molar refractivity (Wildman–Crippen MR) is 81.1 cm³/mol. The van der Waals surface area contributed by atoms with E-state index in [1.54, 1.807) is 24.3 Å². The van der Waals surface area contributed by atoms with Crippen molar-refractivity contribution in [1.29, 1.82) is 0 Å². The van der Waals surface area contributed by atoms with Gasteiger partial charge in [-0.15, -0.1) is 0 Å². The van der Waals surface area contributed by atoms with E-state index in [2.05, 4.69) is 9.62 Å². The Bertz CT molecular complexity index is 581. The first-order valence-corrected chi connectivity index (χ1v) is 9.14. The van der Waals surface area contributed by atoms with Crippen LogP contribution in [0.15, 0.2) is 24.3 Å². The van der Waals surface area contributed by atoms with Crippen LogP contribution in [0.3, 0.4) is 0 Å². The fourth-order valence-corrected chi connectivity index (χ4v) is 4.33. The number of hydrogen-bond acceptors (Lipinski definition) is 4. The fraction of sp³-hybridized carbons (Fsp3) is 0.600. The number of benzene rings is 1. The van der Waals surface area contributed by atoms with Crippen molar-refractivity contribution in [2.24, 2.45) is 0 Å². The third-order valence-corrected chi connectivity index (χ3v) is 5.60. The third-order valence-electron chi connectivity index (χ3n) is 4.19. The third kappa shape index (κ3) is 4.03. The van der Waals surface area contributed by atoms with Gasteiger partial charge in [-0.05, 0) is 30.4 Å². The summed E-state index contributed by atoms with van der Waals surface area (Å²) in [5.74, 6) is -0.00135. The molecule has 21 heavy (non-hydrogen) atoms. The van der Waals surface area contributed by atoms with Crippen molar-refractivity contribution in [2.45, 2.75) is 43.7 Å². The number of aliphatic hydroxyl groups is 1. The molecular formula is C15H22N2O3S. The summed E-state index contributed by atoms with van der Waals surface area (Å²) in [6.45, 7) is 1.82. The van der Waals surface area contributed by atoms with Gasteiger partial charge < -0.3 is 5.11 Å². The number of likely N-dealkylation sites (tertiary alicyclic amines) is 1. The second-order valence-corrected chi connectivity index (χ2v) is 7.82. The molecule has 1 aliphatic heterocycles. The highest BCUT2D eigenvalue weighted by Gasteiger charge is 2.35. The Morgan fingerprint density at radius 2 is 1.81 bits per heavy atom. The molecule has 2 aliphatic rings. The van der Waals surface area contributed by atoms with Crippen LogP contribution < -0.4 is 4.72 Å². The summed E-state index contributed by atoms with van der Waals surface area (Å²) in [6, 6.07) is 7.79. The highest BCUT2D eigenvalue weighted by Crippen LogP contribution is 2.30. The monoisotopic (exact) mass is 310 g/mol. The van der Waals surface area contributed by atoms with E-state index in [1.807, 2.05) is 0 Å². The topological polar surface area (TPSA) is 69.6 Å². The van der Waals surface area contributed by atoms with Gasteiger partial charge in [-0.25, -0.2) is 13.1 Å². The lowest BCUT2D eigenvalue weighted by Crippen LogP contribution is -2.38. The van der Waals surface area contributed by atoms with Crippen molar-refractivity contribution in [1.82, 2.24) is 9.62 Å². The molecule has 0 aromatic heterocycles. The van der Waals surface area contributed by atoms with Crippen LogP contribution in [0.25, 0.3) is 0 Å². The summed E-state index contributed by atoms with van der Waals surface area (Å²) in [6.07, 6.45) is 3.42. The van der Waals surface area contributed by atoms with E-state index in [-0.39, 0.29) is 18.4 Å². The number of hydrogen-bond donors (Lipinski definition) is 2. The lowest BCUT2D eigenvalue weighted by molar-refractivity contribution is 0.282. The molecule has 1 atom stereocenters. The van der Waals surface area contributed by atoms with E-state index < -0.39 is 10.0 Å². The molecule has 2 fully saturated rings. The Balaban J connectivity index is 1.56. The average Bonchev–Trinajstić information content (AvgIpc) is 3.20. The number of nitrogens with zero attached hydrogens (tertiary/aromatic N) is 1. The summed E-state index contributed by atoms with van der Waals surface area (Å²) in [4.78, 5) is 2.39. The molecule has 1 unspecified atom stereocenters. The maximum absolute atomic E-state index is 12.2. The second kappa shape index (κ2) is 6.04. The van der Waals surface area contributed by atoms with Gasteiger partial charge in [-0.3, -0.25) is 4.90 Å². The van der Waals surface area contributed by atoms with Gasteiger partial charge in [-0.2, -0.15) is 0 Å². The molecule has 2 N–H and O–H groups in total. The van der Waals surface area contributed by atoms with E-state index in [1.165, 1.54) is 12.8 Å². The van der Waals surface area contributed by atoms with Crippen molar-refractivity contribution in [3.8, 4) is 0 Å². The number of aliphatic hydroxyl groups excluding tert-OH is 1. The number of nitrogens with one attached hydrogen (secondary N) is 1. The molecule has 0 amide bonds. The summed E-state index contributed by atoms with van der Waals surface area (Å²) in [7, 11) is -3.31. The lowest BCUT2D eigenvalue weighted by atomic mass is 10.2. The Morgan fingerprint density at radius 3 is 2.43 bits per heavy atom. The van der Waals surface area contributed by atoms with Crippen LogP contribution in [0.2, 0.25) is 0 Å². The SMILES string of the molecule is O=S(=O)(Cc1ccc(CO)cc1)NC1CCN(C2CC2)C1. The quantitative estimate of drug-likeness (QED) is 0.817. The van der Waals surface area contributed by atoms with Gasteiger partial charge in [0.1, 0.15) is 0 Å². The van der Waals surface area contributed by atoms with E-state index in [9.17, 15) is 8.42 Å². The van der Waals surface area contributed by atoms with Crippen LogP contribution >= 0.6 is 0 Å². The summed E-state index contributed by atoms with van der Waals surface area (Å²) in [5, 5.41) is 8.99. The Labute approximate surface area is 126 Å². The molecule has 0 radical (unpaired) electrons. The van der Waals surface area contributed by atoms with Crippen LogP contribution in [0, 0.1) is 0 Å². The minimum atomic E-state index is -3.31. The molecule has 1 aromatic carbocycles. The fourth-order valence-electron chi connectivity index (χ4n) is 2.91. The van der Waals surface area contributed by atoms with Crippen LogP contribution in [0.1, 0.15) is 30.4 Å². The molecule has 0 bridgehead atoms. The molecule has 3 rings (SSSR count).